The van der Waals surface area contributed by atoms with Crippen LogP contribution < -0.4 is 5.56 Å². The van der Waals surface area contributed by atoms with Gasteiger partial charge in [0.1, 0.15) is 9.39 Å². The first kappa shape index (κ1) is 13.7. The first-order chi connectivity index (χ1) is 9.75. The summed E-state index contributed by atoms with van der Waals surface area (Å²) in [5.41, 5.74) is 1.69. The zero-order chi connectivity index (χ0) is 13.9. The minimum Gasteiger partial charge on any atom is -0.381 e. The lowest BCUT2D eigenvalue weighted by atomic mass is 9.96. The predicted octanol–water partition coefficient (Wildman–Crippen LogP) is 2.33. The molecule has 1 fully saturated rings. The molecule has 3 heterocycles. The summed E-state index contributed by atoms with van der Waals surface area (Å²) in [5, 5.41) is 0. The van der Waals surface area contributed by atoms with E-state index in [9.17, 15) is 4.79 Å². The van der Waals surface area contributed by atoms with Gasteiger partial charge in [0.2, 0.25) is 0 Å². The Morgan fingerprint density at radius 1 is 1.25 bits per heavy atom. The number of hydrogen-bond acceptors (Lipinski definition) is 4. The maximum Gasteiger partial charge on any atom is 0.264 e. The lowest BCUT2D eigenvalue weighted by molar-refractivity contribution is 0.0843. The van der Waals surface area contributed by atoms with Crippen LogP contribution in [-0.2, 0) is 4.74 Å². The summed E-state index contributed by atoms with van der Waals surface area (Å²) >= 11 is 2.08. The zero-order valence-electron chi connectivity index (χ0n) is 10.8. The SMILES string of the molecule is O=c1[nH]c(-c2ccncc2)nc(C2CCOCC2)c1I. The number of aromatic amines is 1. The average Bonchev–Trinajstić information content (AvgIpc) is 2.51. The molecule has 1 aliphatic heterocycles. The number of nitrogens with zero attached hydrogens (tertiary/aromatic N) is 2. The highest BCUT2D eigenvalue weighted by Gasteiger charge is 2.22. The smallest absolute Gasteiger partial charge is 0.264 e. The van der Waals surface area contributed by atoms with Crippen molar-refractivity contribution in [2.24, 2.45) is 0 Å². The second kappa shape index (κ2) is 6.01. The number of pyridine rings is 1. The van der Waals surface area contributed by atoms with Crippen LogP contribution in [0.25, 0.3) is 11.4 Å². The number of ether oxygens (including phenoxy) is 1. The first-order valence-electron chi connectivity index (χ1n) is 6.53. The minimum absolute atomic E-state index is 0.0751. The highest BCUT2D eigenvalue weighted by atomic mass is 127. The Morgan fingerprint density at radius 2 is 1.95 bits per heavy atom. The Kier molecular flexibility index (Phi) is 4.11. The molecule has 1 saturated heterocycles. The molecule has 3 rings (SSSR count). The fourth-order valence-corrected chi connectivity index (χ4v) is 3.06. The van der Waals surface area contributed by atoms with Gasteiger partial charge in [-0.3, -0.25) is 9.78 Å². The average molecular weight is 383 g/mol. The fourth-order valence-electron chi connectivity index (χ4n) is 2.36. The molecule has 1 aliphatic rings. The Balaban J connectivity index is 2.06. The van der Waals surface area contributed by atoms with Gasteiger partial charge in [-0.1, -0.05) is 0 Å². The lowest BCUT2D eigenvalue weighted by Gasteiger charge is -2.22. The summed E-state index contributed by atoms with van der Waals surface area (Å²) in [4.78, 5) is 23.6. The highest BCUT2D eigenvalue weighted by Crippen LogP contribution is 2.28. The Hall–Kier alpha value is -1.28. The van der Waals surface area contributed by atoms with E-state index >= 15 is 0 Å². The summed E-state index contributed by atoms with van der Waals surface area (Å²) < 4.78 is 6.07. The third-order valence-electron chi connectivity index (χ3n) is 3.45. The van der Waals surface area contributed by atoms with Gasteiger partial charge in [0, 0.05) is 37.1 Å². The van der Waals surface area contributed by atoms with Gasteiger partial charge in [-0.05, 0) is 47.6 Å². The molecule has 20 heavy (non-hydrogen) atoms. The second-order valence-corrected chi connectivity index (χ2v) is 5.82. The number of H-pyrrole nitrogens is 1. The van der Waals surface area contributed by atoms with Crippen LogP contribution in [0.2, 0.25) is 0 Å². The molecule has 0 amide bonds. The van der Waals surface area contributed by atoms with Gasteiger partial charge in [0.15, 0.2) is 0 Å². The van der Waals surface area contributed by atoms with E-state index in [-0.39, 0.29) is 5.56 Å². The molecular formula is C14H14IN3O2. The van der Waals surface area contributed by atoms with Gasteiger partial charge in [-0.2, -0.15) is 0 Å². The van der Waals surface area contributed by atoms with E-state index in [4.69, 9.17) is 4.74 Å². The summed E-state index contributed by atoms with van der Waals surface area (Å²) in [6.07, 6.45) is 5.23. The van der Waals surface area contributed by atoms with E-state index in [0.29, 0.717) is 15.3 Å². The monoisotopic (exact) mass is 383 g/mol. The van der Waals surface area contributed by atoms with E-state index in [0.717, 1.165) is 37.3 Å². The molecule has 6 heteroatoms. The van der Waals surface area contributed by atoms with Crippen molar-refractivity contribution in [1.29, 1.82) is 0 Å². The molecule has 2 aromatic heterocycles. The fraction of sp³-hybridized carbons (Fsp3) is 0.357. The van der Waals surface area contributed by atoms with Gasteiger partial charge < -0.3 is 9.72 Å². The minimum atomic E-state index is -0.0751. The molecule has 104 valence electrons. The van der Waals surface area contributed by atoms with Crippen molar-refractivity contribution in [1.82, 2.24) is 15.0 Å². The van der Waals surface area contributed by atoms with Crippen molar-refractivity contribution in [2.45, 2.75) is 18.8 Å². The Bertz CT molecular complexity index is 651. The Morgan fingerprint density at radius 3 is 2.65 bits per heavy atom. The molecule has 0 aliphatic carbocycles. The van der Waals surface area contributed by atoms with Crippen LogP contribution in [-0.4, -0.2) is 28.2 Å². The summed E-state index contributed by atoms with van der Waals surface area (Å²) in [5.74, 6) is 0.915. The van der Waals surface area contributed by atoms with E-state index < -0.39 is 0 Å². The maximum atomic E-state index is 12.1. The third kappa shape index (κ3) is 2.76. The summed E-state index contributed by atoms with van der Waals surface area (Å²) in [6.45, 7) is 1.47. The number of halogens is 1. The molecule has 0 unspecified atom stereocenters. The van der Waals surface area contributed by atoms with Crippen molar-refractivity contribution < 1.29 is 4.74 Å². The van der Waals surface area contributed by atoms with Gasteiger partial charge in [0.25, 0.3) is 5.56 Å². The zero-order valence-corrected chi connectivity index (χ0v) is 13.0. The quantitative estimate of drug-likeness (QED) is 0.809. The molecule has 0 aromatic carbocycles. The van der Waals surface area contributed by atoms with Crippen LogP contribution in [0, 0.1) is 3.57 Å². The number of hydrogen-bond donors (Lipinski definition) is 1. The van der Waals surface area contributed by atoms with Crippen molar-refractivity contribution in [3.8, 4) is 11.4 Å². The number of rotatable bonds is 2. The number of aromatic nitrogens is 3. The molecule has 0 spiro atoms. The molecular weight excluding hydrogens is 369 g/mol. The normalized spacial score (nSPS) is 16.2. The van der Waals surface area contributed by atoms with E-state index in [1.54, 1.807) is 12.4 Å². The topological polar surface area (TPSA) is 67.9 Å². The molecule has 1 N–H and O–H groups in total. The second-order valence-electron chi connectivity index (χ2n) is 4.74. The lowest BCUT2D eigenvalue weighted by Crippen LogP contribution is -2.22. The summed E-state index contributed by atoms with van der Waals surface area (Å²) in [6, 6.07) is 3.69. The van der Waals surface area contributed by atoms with Crippen LogP contribution in [0.4, 0.5) is 0 Å². The van der Waals surface area contributed by atoms with Gasteiger partial charge in [0.05, 0.1) is 5.69 Å². The molecule has 2 aromatic rings. The molecule has 0 atom stereocenters. The number of nitrogens with one attached hydrogen (secondary N) is 1. The van der Waals surface area contributed by atoms with Crippen LogP contribution >= 0.6 is 22.6 Å². The standard InChI is InChI=1S/C14H14IN3O2/c15-11-12(9-3-7-20-8-4-9)17-13(18-14(11)19)10-1-5-16-6-2-10/h1-2,5-6,9H,3-4,7-8H2,(H,17,18,19). The molecule has 0 bridgehead atoms. The van der Waals surface area contributed by atoms with Crippen LogP contribution in [0.15, 0.2) is 29.3 Å². The van der Waals surface area contributed by atoms with Crippen LogP contribution in [0.5, 0.6) is 0 Å². The first-order valence-corrected chi connectivity index (χ1v) is 7.61. The summed E-state index contributed by atoms with van der Waals surface area (Å²) in [7, 11) is 0. The largest absolute Gasteiger partial charge is 0.381 e. The maximum absolute atomic E-state index is 12.1. The molecule has 0 saturated carbocycles. The third-order valence-corrected chi connectivity index (χ3v) is 4.49. The van der Waals surface area contributed by atoms with E-state index in [2.05, 4.69) is 37.5 Å². The molecule has 5 nitrogen and oxygen atoms in total. The van der Waals surface area contributed by atoms with Crippen LogP contribution in [0.1, 0.15) is 24.5 Å². The van der Waals surface area contributed by atoms with Crippen LogP contribution in [0.3, 0.4) is 0 Å². The van der Waals surface area contributed by atoms with E-state index in [1.807, 2.05) is 12.1 Å². The van der Waals surface area contributed by atoms with E-state index in [1.165, 1.54) is 0 Å². The van der Waals surface area contributed by atoms with Crippen molar-refractivity contribution in [3.05, 3.63) is 44.1 Å². The molecule has 0 radical (unpaired) electrons. The van der Waals surface area contributed by atoms with Crippen molar-refractivity contribution in [2.75, 3.05) is 13.2 Å². The van der Waals surface area contributed by atoms with Gasteiger partial charge >= 0.3 is 0 Å². The van der Waals surface area contributed by atoms with Gasteiger partial charge in [-0.15, -0.1) is 0 Å². The highest BCUT2D eigenvalue weighted by molar-refractivity contribution is 14.1. The predicted molar refractivity (Wildman–Crippen MR) is 83.6 cm³/mol. The van der Waals surface area contributed by atoms with Crippen molar-refractivity contribution >= 4 is 22.6 Å². The van der Waals surface area contributed by atoms with Gasteiger partial charge in [-0.25, -0.2) is 4.98 Å². The Labute approximate surface area is 130 Å². The van der Waals surface area contributed by atoms with Crippen molar-refractivity contribution in [3.63, 3.8) is 0 Å².